The Kier molecular flexibility index (Phi) is 8.25. The summed E-state index contributed by atoms with van der Waals surface area (Å²) >= 11 is 1.07. The molecule has 13 heteroatoms. The van der Waals surface area contributed by atoms with Crippen molar-refractivity contribution < 1.29 is 35.9 Å². The number of amides is 2. The Morgan fingerprint density at radius 3 is 2.14 bits per heavy atom. The van der Waals surface area contributed by atoms with Gasteiger partial charge < -0.3 is 5.32 Å². The van der Waals surface area contributed by atoms with Gasteiger partial charge in [0.2, 0.25) is 11.0 Å². The van der Waals surface area contributed by atoms with Crippen LogP contribution in [-0.2, 0) is 17.1 Å². The molecule has 0 aliphatic rings. The van der Waals surface area contributed by atoms with E-state index in [0.29, 0.717) is 23.6 Å². The highest BCUT2D eigenvalue weighted by Gasteiger charge is 2.38. The molecule has 0 aliphatic carbocycles. The van der Waals surface area contributed by atoms with Gasteiger partial charge in [-0.15, -0.1) is 10.2 Å². The Balaban J connectivity index is 1.84. The zero-order chi connectivity index (χ0) is 27.5. The third-order valence-corrected chi connectivity index (χ3v) is 6.44. The molecule has 0 aliphatic heterocycles. The SMILES string of the molecule is CCC(C)C(NC(=O)c1cc(C(F)(F)F)cc(C(F)(F)F)c1)C(=O)Nc1nnc(-c2cccc(C)c2)s1. The van der Waals surface area contributed by atoms with E-state index >= 15 is 0 Å². The second kappa shape index (κ2) is 10.9. The number of rotatable bonds is 7. The van der Waals surface area contributed by atoms with Gasteiger partial charge in [0.05, 0.1) is 11.1 Å². The van der Waals surface area contributed by atoms with Crippen LogP contribution >= 0.6 is 11.3 Å². The van der Waals surface area contributed by atoms with Crippen LogP contribution in [0.1, 0.15) is 47.3 Å². The van der Waals surface area contributed by atoms with Crippen LogP contribution in [0.15, 0.2) is 42.5 Å². The summed E-state index contributed by atoms with van der Waals surface area (Å²) in [6, 6.07) is 6.70. The number of nitrogens with one attached hydrogen (secondary N) is 2. The molecule has 0 spiro atoms. The molecule has 2 amide bonds. The number of nitrogens with zero attached hydrogens (tertiary/aromatic N) is 2. The monoisotopic (exact) mass is 544 g/mol. The number of carbonyl (C=O) groups is 2. The van der Waals surface area contributed by atoms with Crippen LogP contribution in [0.2, 0.25) is 0 Å². The predicted molar refractivity (Wildman–Crippen MR) is 126 cm³/mol. The molecule has 0 saturated heterocycles. The van der Waals surface area contributed by atoms with Crippen molar-refractivity contribution in [3.05, 3.63) is 64.7 Å². The van der Waals surface area contributed by atoms with Crippen LogP contribution in [0.25, 0.3) is 10.6 Å². The van der Waals surface area contributed by atoms with Gasteiger partial charge in [0.15, 0.2) is 0 Å². The average Bonchev–Trinajstić information content (AvgIpc) is 3.28. The van der Waals surface area contributed by atoms with E-state index in [0.717, 1.165) is 22.5 Å². The number of benzene rings is 2. The minimum atomic E-state index is -5.11. The molecule has 0 bridgehead atoms. The quantitative estimate of drug-likeness (QED) is 0.341. The topological polar surface area (TPSA) is 84.0 Å². The first-order valence-corrected chi connectivity index (χ1v) is 11.8. The lowest BCUT2D eigenvalue weighted by Gasteiger charge is -2.23. The van der Waals surface area contributed by atoms with Crippen molar-refractivity contribution in [2.24, 2.45) is 5.92 Å². The predicted octanol–water partition coefficient (Wildman–Crippen LogP) is 6.33. The van der Waals surface area contributed by atoms with Gasteiger partial charge in [0, 0.05) is 11.1 Å². The molecule has 37 heavy (non-hydrogen) atoms. The van der Waals surface area contributed by atoms with Crippen LogP contribution in [0.4, 0.5) is 31.5 Å². The number of halogens is 6. The molecule has 1 heterocycles. The first kappa shape index (κ1) is 28.1. The number of hydrogen-bond donors (Lipinski definition) is 2. The summed E-state index contributed by atoms with van der Waals surface area (Å²) < 4.78 is 79.1. The minimum Gasteiger partial charge on any atom is -0.340 e. The second-order valence-electron chi connectivity index (χ2n) is 8.40. The molecule has 0 saturated carbocycles. The largest absolute Gasteiger partial charge is 0.416 e. The molecular weight excluding hydrogens is 522 g/mol. The smallest absolute Gasteiger partial charge is 0.340 e. The highest BCUT2D eigenvalue weighted by atomic mass is 32.1. The summed E-state index contributed by atoms with van der Waals surface area (Å²) in [5, 5.41) is 13.4. The number of alkyl halides is 6. The van der Waals surface area contributed by atoms with Crippen LogP contribution < -0.4 is 10.6 Å². The number of anilines is 1. The van der Waals surface area contributed by atoms with Gasteiger partial charge in [-0.25, -0.2) is 0 Å². The summed E-state index contributed by atoms with van der Waals surface area (Å²) in [4.78, 5) is 25.7. The lowest BCUT2D eigenvalue weighted by atomic mass is 9.97. The van der Waals surface area contributed by atoms with E-state index in [1.807, 2.05) is 31.2 Å². The molecule has 2 aromatic carbocycles. The van der Waals surface area contributed by atoms with Crippen molar-refractivity contribution in [1.29, 1.82) is 0 Å². The second-order valence-corrected chi connectivity index (χ2v) is 9.38. The van der Waals surface area contributed by atoms with Crippen molar-refractivity contribution in [3.63, 3.8) is 0 Å². The summed E-state index contributed by atoms with van der Waals surface area (Å²) in [6.45, 7) is 5.22. The molecule has 3 rings (SSSR count). The highest BCUT2D eigenvalue weighted by Crippen LogP contribution is 2.36. The fraction of sp³-hybridized carbons (Fsp3) is 0.333. The molecule has 2 atom stereocenters. The van der Waals surface area contributed by atoms with Gasteiger partial charge >= 0.3 is 12.4 Å². The third kappa shape index (κ3) is 7.06. The highest BCUT2D eigenvalue weighted by molar-refractivity contribution is 7.18. The van der Waals surface area contributed by atoms with Crippen LogP contribution in [0.3, 0.4) is 0 Å². The Labute approximate surface area is 212 Å². The zero-order valence-electron chi connectivity index (χ0n) is 19.8. The molecule has 2 unspecified atom stereocenters. The van der Waals surface area contributed by atoms with Crippen molar-refractivity contribution in [3.8, 4) is 10.6 Å². The fourth-order valence-corrected chi connectivity index (χ4v) is 4.11. The van der Waals surface area contributed by atoms with Gasteiger partial charge in [-0.2, -0.15) is 26.3 Å². The van der Waals surface area contributed by atoms with Crippen molar-refractivity contribution in [1.82, 2.24) is 15.5 Å². The molecule has 6 nitrogen and oxygen atoms in total. The first-order valence-electron chi connectivity index (χ1n) is 11.0. The Bertz CT molecular complexity index is 1260. The van der Waals surface area contributed by atoms with Gasteiger partial charge in [-0.1, -0.05) is 55.4 Å². The number of aryl methyl sites for hydroxylation is 1. The van der Waals surface area contributed by atoms with Crippen LogP contribution in [0.5, 0.6) is 0 Å². The van der Waals surface area contributed by atoms with E-state index in [-0.39, 0.29) is 11.2 Å². The number of carbonyl (C=O) groups excluding carboxylic acids is 2. The van der Waals surface area contributed by atoms with E-state index in [2.05, 4.69) is 20.8 Å². The lowest BCUT2D eigenvalue weighted by Crippen LogP contribution is -2.47. The van der Waals surface area contributed by atoms with Crippen molar-refractivity contribution >= 4 is 28.3 Å². The van der Waals surface area contributed by atoms with E-state index in [1.54, 1.807) is 13.8 Å². The van der Waals surface area contributed by atoms with Crippen LogP contribution in [0, 0.1) is 12.8 Å². The Hall–Kier alpha value is -3.48. The fourth-order valence-electron chi connectivity index (χ4n) is 3.36. The minimum absolute atomic E-state index is 0.0725. The van der Waals surface area contributed by atoms with E-state index in [9.17, 15) is 35.9 Å². The van der Waals surface area contributed by atoms with Gasteiger partial charge in [0.25, 0.3) is 5.91 Å². The summed E-state index contributed by atoms with van der Waals surface area (Å²) in [5.41, 5.74) is -2.37. The molecule has 1 aromatic heterocycles. The summed E-state index contributed by atoms with van der Waals surface area (Å²) in [7, 11) is 0. The summed E-state index contributed by atoms with van der Waals surface area (Å²) in [5.74, 6) is -2.51. The van der Waals surface area contributed by atoms with E-state index in [1.165, 1.54) is 0 Å². The molecular formula is C24H22F6N4O2S. The average molecular weight is 545 g/mol. The van der Waals surface area contributed by atoms with Crippen molar-refractivity contribution in [2.75, 3.05) is 5.32 Å². The molecule has 2 N–H and O–H groups in total. The zero-order valence-corrected chi connectivity index (χ0v) is 20.6. The Morgan fingerprint density at radius 1 is 0.973 bits per heavy atom. The molecule has 3 aromatic rings. The van der Waals surface area contributed by atoms with E-state index in [4.69, 9.17) is 0 Å². The third-order valence-electron chi connectivity index (χ3n) is 5.55. The van der Waals surface area contributed by atoms with Gasteiger partial charge in [-0.05, 0) is 37.1 Å². The van der Waals surface area contributed by atoms with E-state index < -0.39 is 52.8 Å². The Morgan fingerprint density at radius 2 is 1.59 bits per heavy atom. The van der Waals surface area contributed by atoms with Gasteiger partial charge in [0.1, 0.15) is 11.0 Å². The maximum atomic E-state index is 13.2. The number of aromatic nitrogens is 2. The summed E-state index contributed by atoms with van der Waals surface area (Å²) in [6.07, 6.45) is -9.85. The molecule has 0 radical (unpaired) electrons. The lowest BCUT2D eigenvalue weighted by molar-refractivity contribution is -0.143. The maximum absolute atomic E-state index is 13.2. The maximum Gasteiger partial charge on any atom is 0.416 e. The van der Waals surface area contributed by atoms with Crippen molar-refractivity contribution in [2.45, 2.75) is 45.6 Å². The molecule has 198 valence electrons. The number of hydrogen-bond acceptors (Lipinski definition) is 5. The van der Waals surface area contributed by atoms with Gasteiger partial charge in [-0.3, -0.25) is 14.9 Å². The van der Waals surface area contributed by atoms with Crippen LogP contribution in [-0.4, -0.2) is 28.1 Å². The normalized spacial score (nSPS) is 13.6. The first-order chi connectivity index (χ1) is 17.2. The standard InChI is InChI=1S/C24H22F6N4O2S/c1-4-13(3)18(20(36)32-22-34-33-21(37-22)14-7-5-6-12(2)8-14)31-19(35)15-9-16(23(25,26)27)11-17(10-15)24(28,29)30/h5-11,13,18H,4H2,1-3H3,(H,31,35)(H,32,34,36). The molecule has 0 fully saturated rings.